The number of aromatic amines is 1. The van der Waals surface area contributed by atoms with Gasteiger partial charge in [-0.1, -0.05) is 92.4 Å². The van der Waals surface area contributed by atoms with E-state index in [2.05, 4.69) is 20.8 Å². The molecule has 0 aliphatic carbocycles. The third-order valence-corrected chi connectivity index (χ3v) is 8.03. The van der Waals surface area contributed by atoms with Crippen molar-refractivity contribution in [3.63, 3.8) is 0 Å². The Morgan fingerprint density at radius 1 is 0.720 bits per heavy atom. The molecule has 7 aromatic rings. The first-order valence-corrected chi connectivity index (χ1v) is 15.9. The van der Waals surface area contributed by atoms with Gasteiger partial charge in [-0.15, -0.1) is 0 Å². The van der Waals surface area contributed by atoms with Crippen molar-refractivity contribution in [2.75, 3.05) is 18.1 Å². The van der Waals surface area contributed by atoms with Crippen molar-refractivity contribution in [3.8, 4) is 17.1 Å². The van der Waals surface area contributed by atoms with E-state index < -0.39 is 0 Å². The van der Waals surface area contributed by atoms with Gasteiger partial charge in [0.2, 0.25) is 5.91 Å². The monoisotopic (exact) mass is 663 g/mol. The van der Waals surface area contributed by atoms with Crippen molar-refractivity contribution in [1.82, 2.24) is 30.8 Å². The molecule has 250 valence electrons. The van der Waals surface area contributed by atoms with Gasteiger partial charge in [-0.25, -0.2) is 9.97 Å². The predicted octanol–water partition coefficient (Wildman–Crippen LogP) is 6.96. The van der Waals surface area contributed by atoms with E-state index in [1.807, 2.05) is 126 Å². The number of anilines is 2. The van der Waals surface area contributed by atoms with Gasteiger partial charge in [-0.05, 0) is 53.6 Å². The van der Waals surface area contributed by atoms with Crippen molar-refractivity contribution in [1.29, 1.82) is 0 Å². The summed E-state index contributed by atoms with van der Waals surface area (Å²) in [5.41, 5.74) is 4.95. The van der Waals surface area contributed by atoms with Crippen molar-refractivity contribution in [2.45, 2.75) is 20.5 Å². The normalized spacial score (nSPS) is 10.7. The van der Waals surface area contributed by atoms with Gasteiger partial charge >= 0.3 is 0 Å². The highest BCUT2D eigenvalue weighted by molar-refractivity contribution is 5.97. The van der Waals surface area contributed by atoms with E-state index in [9.17, 15) is 9.59 Å². The summed E-state index contributed by atoms with van der Waals surface area (Å²) in [6, 6.07) is 40.4. The maximum atomic E-state index is 13.6. The van der Waals surface area contributed by atoms with Crippen LogP contribution in [0, 0.1) is 0 Å². The number of nitrogens with one attached hydrogen (secondary N) is 3. The Balaban J connectivity index is 0.00000432. The van der Waals surface area contributed by atoms with E-state index in [0.29, 0.717) is 41.6 Å². The average Bonchev–Trinajstić information content (AvgIpc) is 3.63. The number of hydrogen-bond donors (Lipinski definition) is 3. The molecule has 0 atom stereocenters. The fourth-order valence-corrected chi connectivity index (χ4v) is 5.54. The highest BCUT2D eigenvalue weighted by Gasteiger charge is 2.22. The maximum Gasteiger partial charge on any atom is 0.258 e. The van der Waals surface area contributed by atoms with Crippen molar-refractivity contribution in [2.24, 2.45) is 0 Å². The minimum absolute atomic E-state index is 0. The van der Waals surface area contributed by atoms with Crippen LogP contribution in [0.2, 0.25) is 0 Å². The van der Waals surface area contributed by atoms with E-state index in [4.69, 9.17) is 14.7 Å². The summed E-state index contributed by atoms with van der Waals surface area (Å²) < 4.78 is 6.04. The van der Waals surface area contributed by atoms with Gasteiger partial charge in [0.25, 0.3) is 5.91 Å². The van der Waals surface area contributed by atoms with E-state index in [0.717, 1.165) is 33.1 Å². The van der Waals surface area contributed by atoms with Crippen LogP contribution in [0.3, 0.4) is 0 Å². The molecule has 0 bridgehead atoms. The van der Waals surface area contributed by atoms with Crippen LogP contribution in [0.25, 0.3) is 33.2 Å². The molecule has 5 aromatic carbocycles. The molecule has 50 heavy (non-hydrogen) atoms. The molecule has 0 saturated carbocycles. The van der Waals surface area contributed by atoms with Gasteiger partial charge in [-0.2, -0.15) is 5.10 Å². The lowest BCUT2D eigenvalue weighted by molar-refractivity contribution is -0.123. The molecule has 0 spiro atoms. The summed E-state index contributed by atoms with van der Waals surface area (Å²) in [5.74, 6) is 0.985. The summed E-state index contributed by atoms with van der Waals surface area (Å²) >= 11 is 0. The molecule has 0 fully saturated rings. The third kappa shape index (κ3) is 7.77. The van der Waals surface area contributed by atoms with Crippen LogP contribution in [0.15, 0.2) is 134 Å². The van der Waals surface area contributed by atoms with E-state index in [1.54, 1.807) is 12.3 Å². The Hall–Kier alpha value is -6.55. The molecule has 2 amide bonds. The first-order chi connectivity index (χ1) is 24.1. The SMILES string of the molecule is C.O=C(COc1ccccc1-c1nc(N(CC(=O)NCc2ccccc2)c2ccc3[nH]ncc3c2)c2ccccc2n1)NCc1ccccc1. The molecule has 3 N–H and O–H groups in total. The third-order valence-electron chi connectivity index (χ3n) is 8.03. The molecular formula is C40H37N7O3. The highest BCUT2D eigenvalue weighted by Crippen LogP contribution is 2.35. The lowest BCUT2D eigenvalue weighted by atomic mass is 10.1. The Morgan fingerprint density at radius 2 is 1.38 bits per heavy atom. The zero-order valence-corrected chi connectivity index (χ0v) is 26.5. The number of aromatic nitrogens is 4. The van der Waals surface area contributed by atoms with Crippen molar-refractivity contribution >= 4 is 45.1 Å². The minimum Gasteiger partial charge on any atom is -0.483 e. The van der Waals surface area contributed by atoms with Gasteiger partial charge in [0, 0.05) is 29.5 Å². The summed E-state index contributed by atoms with van der Waals surface area (Å²) in [7, 11) is 0. The number of fused-ring (bicyclic) bond motifs is 2. The fraction of sp³-hybridized carbons (Fsp3) is 0.125. The number of amides is 2. The number of ether oxygens (including phenoxy) is 1. The Kier molecular flexibility index (Phi) is 10.4. The Morgan fingerprint density at radius 3 is 2.14 bits per heavy atom. The van der Waals surface area contributed by atoms with Crippen LogP contribution < -0.4 is 20.3 Å². The van der Waals surface area contributed by atoms with Crippen LogP contribution in [-0.4, -0.2) is 45.1 Å². The number of nitrogens with zero attached hydrogens (tertiary/aromatic N) is 4. The first kappa shape index (κ1) is 33.4. The molecule has 0 radical (unpaired) electrons. The standard InChI is InChI=1S/C39H33N7O3.CH4/c47-36(40-22-27-11-3-1-4-12-27)25-46(30-19-20-33-29(21-30)24-42-45-33)39-31-15-7-9-17-34(31)43-38(44-39)32-16-8-10-18-35(32)49-26-37(48)41-23-28-13-5-2-6-14-28;/h1-21,24H,22-23,25-26H2,(H,40,47)(H,41,48)(H,42,45);1H4. The molecule has 0 unspecified atom stereocenters. The van der Waals surface area contributed by atoms with E-state index in [1.165, 1.54) is 0 Å². The second kappa shape index (κ2) is 15.6. The van der Waals surface area contributed by atoms with Gasteiger partial charge in [0.1, 0.15) is 18.1 Å². The topological polar surface area (TPSA) is 125 Å². The summed E-state index contributed by atoms with van der Waals surface area (Å²) in [4.78, 5) is 38.1. The van der Waals surface area contributed by atoms with Crippen LogP contribution in [0.1, 0.15) is 18.6 Å². The average molecular weight is 664 g/mol. The van der Waals surface area contributed by atoms with Gasteiger partial charge in [0.05, 0.1) is 22.8 Å². The van der Waals surface area contributed by atoms with Crippen molar-refractivity contribution in [3.05, 3.63) is 145 Å². The molecule has 10 nitrogen and oxygen atoms in total. The molecule has 0 aliphatic rings. The summed E-state index contributed by atoms with van der Waals surface area (Å²) in [6.07, 6.45) is 1.75. The van der Waals surface area contributed by atoms with Gasteiger partial charge in [0.15, 0.2) is 12.4 Å². The second-order valence-electron chi connectivity index (χ2n) is 11.4. The lowest BCUT2D eigenvalue weighted by Gasteiger charge is -2.25. The zero-order chi connectivity index (χ0) is 33.4. The van der Waals surface area contributed by atoms with Gasteiger partial charge < -0.3 is 20.3 Å². The molecule has 7 rings (SSSR count). The highest BCUT2D eigenvalue weighted by atomic mass is 16.5. The quantitative estimate of drug-likeness (QED) is 0.129. The number of H-pyrrole nitrogens is 1. The Labute approximate surface area is 290 Å². The second-order valence-corrected chi connectivity index (χ2v) is 11.4. The van der Waals surface area contributed by atoms with Crippen LogP contribution in [0.5, 0.6) is 5.75 Å². The molecule has 10 heteroatoms. The van der Waals surface area contributed by atoms with E-state index >= 15 is 0 Å². The maximum absolute atomic E-state index is 13.6. The van der Waals surface area contributed by atoms with Gasteiger partial charge in [-0.3, -0.25) is 14.7 Å². The molecule has 2 heterocycles. The summed E-state index contributed by atoms with van der Waals surface area (Å²) in [6.45, 7) is 0.619. The minimum atomic E-state index is -0.249. The van der Waals surface area contributed by atoms with Crippen LogP contribution in [-0.2, 0) is 22.7 Å². The van der Waals surface area contributed by atoms with Crippen LogP contribution in [0.4, 0.5) is 11.5 Å². The largest absolute Gasteiger partial charge is 0.483 e. The molecule has 0 saturated heterocycles. The lowest BCUT2D eigenvalue weighted by Crippen LogP contribution is -2.35. The smallest absolute Gasteiger partial charge is 0.258 e. The van der Waals surface area contributed by atoms with Crippen LogP contribution >= 0.6 is 0 Å². The number of rotatable bonds is 12. The number of para-hydroxylation sites is 2. The molecular weight excluding hydrogens is 626 g/mol. The number of carbonyl (C=O) groups is 2. The fourth-order valence-electron chi connectivity index (χ4n) is 5.54. The number of benzene rings is 5. The Bertz CT molecular complexity index is 2220. The zero-order valence-electron chi connectivity index (χ0n) is 26.5. The number of hydrogen-bond acceptors (Lipinski definition) is 7. The van der Waals surface area contributed by atoms with Crippen molar-refractivity contribution < 1.29 is 14.3 Å². The van der Waals surface area contributed by atoms with E-state index in [-0.39, 0.29) is 32.4 Å². The molecule has 0 aliphatic heterocycles. The predicted molar refractivity (Wildman–Crippen MR) is 197 cm³/mol. The molecule has 2 aromatic heterocycles. The number of carbonyl (C=O) groups excluding carboxylic acids is 2. The first-order valence-electron chi connectivity index (χ1n) is 15.9. The summed E-state index contributed by atoms with van der Waals surface area (Å²) in [5, 5.41) is 14.8.